The van der Waals surface area contributed by atoms with Gasteiger partial charge in [0.1, 0.15) is 6.61 Å². The largest absolute Gasteiger partial charge is 0.353 e. The topological polar surface area (TPSA) is 27.7 Å². The Morgan fingerprint density at radius 2 is 2.15 bits per heavy atom. The normalized spacial score (nSPS) is 28.2. The van der Waals surface area contributed by atoms with Crippen LogP contribution in [0.3, 0.4) is 0 Å². The van der Waals surface area contributed by atoms with Crippen molar-refractivity contribution in [3.8, 4) is 0 Å². The molecule has 78 valence electrons. The van der Waals surface area contributed by atoms with Crippen LogP contribution in [-0.2, 0) is 14.2 Å². The minimum absolute atomic E-state index is 0.0261. The third-order valence-electron chi connectivity index (χ3n) is 2.28. The molecular formula is C10H20O3. The second-order valence-corrected chi connectivity index (χ2v) is 3.41. The summed E-state index contributed by atoms with van der Waals surface area (Å²) >= 11 is 0. The van der Waals surface area contributed by atoms with Gasteiger partial charge in [-0.15, -0.1) is 0 Å². The van der Waals surface area contributed by atoms with Gasteiger partial charge in [-0.25, -0.2) is 0 Å². The first-order valence-corrected chi connectivity index (χ1v) is 5.16. The van der Waals surface area contributed by atoms with Crippen LogP contribution in [0.25, 0.3) is 0 Å². The van der Waals surface area contributed by atoms with Gasteiger partial charge < -0.3 is 14.2 Å². The number of hydrogen-bond acceptors (Lipinski definition) is 3. The number of hydrogen-bond donors (Lipinski definition) is 0. The lowest BCUT2D eigenvalue weighted by molar-refractivity contribution is -0.132. The van der Waals surface area contributed by atoms with Gasteiger partial charge in [0, 0.05) is 7.11 Å². The molecule has 1 fully saturated rings. The first kappa shape index (κ1) is 11.0. The zero-order chi connectivity index (χ0) is 9.52. The molecule has 1 rings (SSSR count). The van der Waals surface area contributed by atoms with Gasteiger partial charge in [0.05, 0.1) is 0 Å². The van der Waals surface area contributed by atoms with Crippen molar-refractivity contribution in [2.45, 2.75) is 51.6 Å². The standard InChI is InChI=1S/C10H20O3/c1-3-4-5-6-7-9-12-8-10(11-2)13-9/h9-10H,3-8H2,1-2H3. The van der Waals surface area contributed by atoms with Crippen molar-refractivity contribution in [3.05, 3.63) is 0 Å². The molecule has 0 saturated carbocycles. The maximum Gasteiger partial charge on any atom is 0.183 e. The summed E-state index contributed by atoms with van der Waals surface area (Å²) < 4.78 is 15.9. The molecule has 13 heavy (non-hydrogen) atoms. The fourth-order valence-corrected chi connectivity index (χ4v) is 1.45. The van der Waals surface area contributed by atoms with Crippen molar-refractivity contribution in [1.29, 1.82) is 0 Å². The van der Waals surface area contributed by atoms with E-state index in [9.17, 15) is 0 Å². The van der Waals surface area contributed by atoms with E-state index in [0.29, 0.717) is 6.61 Å². The Balaban J connectivity index is 1.97. The quantitative estimate of drug-likeness (QED) is 0.599. The van der Waals surface area contributed by atoms with Crippen LogP contribution < -0.4 is 0 Å². The summed E-state index contributed by atoms with van der Waals surface area (Å²) in [6.45, 7) is 2.79. The van der Waals surface area contributed by atoms with Gasteiger partial charge in [0.25, 0.3) is 0 Å². The van der Waals surface area contributed by atoms with Crippen molar-refractivity contribution < 1.29 is 14.2 Å². The van der Waals surface area contributed by atoms with Crippen molar-refractivity contribution in [1.82, 2.24) is 0 Å². The molecule has 0 radical (unpaired) electrons. The molecule has 3 heteroatoms. The van der Waals surface area contributed by atoms with Crippen LogP contribution in [-0.4, -0.2) is 26.3 Å². The molecule has 0 bridgehead atoms. The van der Waals surface area contributed by atoms with E-state index >= 15 is 0 Å². The number of ether oxygens (including phenoxy) is 3. The summed E-state index contributed by atoms with van der Waals surface area (Å²) in [4.78, 5) is 0. The van der Waals surface area contributed by atoms with Gasteiger partial charge in [-0.3, -0.25) is 0 Å². The van der Waals surface area contributed by atoms with E-state index in [4.69, 9.17) is 14.2 Å². The molecule has 0 aromatic heterocycles. The predicted octanol–water partition coefficient (Wildman–Crippen LogP) is 2.30. The summed E-state index contributed by atoms with van der Waals surface area (Å²) in [6.07, 6.45) is 5.87. The molecule has 0 aliphatic carbocycles. The molecule has 3 nitrogen and oxygen atoms in total. The average Bonchev–Trinajstić information content (AvgIpc) is 2.60. The maximum absolute atomic E-state index is 5.45. The van der Waals surface area contributed by atoms with Crippen LogP contribution in [0.2, 0.25) is 0 Å². The second-order valence-electron chi connectivity index (χ2n) is 3.41. The Bertz CT molecular complexity index is 127. The predicted molar refractivity (Wildman–Crippen MR) is 50.4 cm³/mol. The summed E-state index contributed by atoms with van der Waals surface area (Å²) in [5.41, 5.74) is 0. The van der Waals surface area contributed by atoms with E-state index in [0.717, 1.165) is 6.42 Å². The third kappa shape index (κ3) is 4.07. The molecule has 0 aromatic carbocycles. The average molecular weight is 188 g/mol. The van der Waals surface area contributed by atoms with Gasteiger partial charge in [0.15, 0.2) is 12.6 Å². The van der Waals surface area contributed by atoms with E-state index in [-0.39, 0.29) is 12.6 Å². The van der Waals surface area contributed by atoms with Crippen molar-refractivity contribution in [3.63, 3.8) is 0 Å². The monoisotopic (exact) mass is 188 g/mol. The minimum atomic E-state index is -0.142. The molecule has 2 atom stereocenters. The fourth-order valence-electron chi connectivity index (χ4n) is 1.45. The van der Waals surface area contributed by atoms with Crippen molar-refractivity contribution in [2.24, 2.45) is 0 Å². The zero-order valence-electron chi connectivity index (χ0n) is 8.62. The molecule has 0 amide bonds. The van der Waals surface area contributed by atoms with E-state index in [1.165, 1.54) is 25.7 Å². The van der Waals surface area contributed by atoms with E-state index in [1.807, 2.05) is 0 Å². The van der Waals surface area contributed by atoms with Crippen LogP contribution in [0, 0.1) is 0 Å². The van der Waals surface area contributed by atoms with Gasteiger partial charge in [-0.05, 0) is 12.8 Å². The Morgan fingerprint density at radius 1 is 1.31 bits per heavy atom. The summed E-state index contributed by atoms with van der Waals surface area (Å²) in [5.74, 6) is 0. The molecule has 1 aliphatic heterocycles. The Hall–Kier alpha value is -0.120. The van der Waals surface area contributed by atoms with Crippen molar-refractivity contribution >= 4 is 0 Å². The Labute approximate surface area is 80.4 Å². The molecule has 0 N–H and O–H groups in total. The summed E-state index contributed by atoms with van der Waals surface area (Å²) in [7, 11) is 1.65. The van der Waals surface area contributed by atoms with Crippen LogP contribution in [0.4, 0.5) is 0 Å². The highest BCUT2D eigenvalue weighted by Crippen LogP contribution is 2.17. The molecule has 2 unspecified atom stereocenters. The summed E-state index contributed by atoms with van der Waals surface area (Å²) in [5, 5.41) is 0. The molecular weight excluding hydrogens is 168 g/mol. The van der Waals surface area contributed by atoms with Gasteiger partial charge in [0.2, 0.25) is 0 Å². The summed E-state index contributed by atoms with van der Waals surface area (Å²) in [6, 6.07) is 0. The van der Waals surface area contributed by atoms with Gasteiger partial charge in [-0.1, -0.05) is 26.2 Å². The molecule has 0 spiro atoms. The van der Waals surface area contributed by atoms with Crippen LogP contribution in [0.5, 0.6) is 0 Å². The second kappa shape index (κ2) is 6.35. The maximum atomic E-state index is 5.45. The smallest absolute Gasteiger partial charge is 0.183 e. The van der Waals surface area contributed by atoms with E-state index in [1.54, 1.807) is 7.11 Å². The van der Waals surface area contributed by atoms with E-state index in [2.05, 4.69) is 6.92 Å². The highest BCUT2D eigenvalue weighted by Gasteiger charge is 2.24. The molecule has 1 saturated heterocycles. The third-order valence-corrected chi connectivity index (χ3v) is 2.28. The molecule has 0 aromatic rings. The fraction of sp³-hybridized carbons (Fsp3) is 1.00. The number of methoxy groups -OCH3 is 1. The lowest BCUT2D eigenvalue weighted by Crippen LogP contribution is -2.13. The Kier molecular flexibility index (Phi) is 5.35. The highest BCUT2D eigenvalue weighted by atomic mass is 16.8. The number of unbranched alkanes of at least 4 members (excludes halogenated alkanes) is 3. The lowest BCUT2D eigenvalue weighted by Gasteiger charge is -2.09. The van der Waals surface area contributed by atoms with Crippen LogP contribution in [0.1, 0.15) is 39.0 Å². The lowest BCUT2D eigenvalue weighted by atomic mass is 10.1. The van der Waals surface area contributed by atoms with Gasteiger partial charge >= 0.3 is 0 Å². The molecule has 1 aliphatic rings. The SMILES string of the molecule is CCCCCCC1OCC(OC)O1. The highest BCUT2D eigenvalue weighted by molar-refractivity contribution is 4.57. The number of rotatable bonds is 6. The minimum Gasteiger partial charge on any atom is -0.353 e. The Morgan fingerprint density at radius 3 is 2.77 bits per heavy atom. The zero-order valence-corrected chi connectivity index (χ0v) is 8.62. The van der Waals surface area contributed by atoms with Gasteiger partial charge in [-0.2, -0.15) is 0 Å². The first-order chi connectivity index (χ1) is 6.36. The van der Waals surface area contributed by atoms with E-state index < -0.39 is 0 Å². The molecule has 1 heterocycles. The van der Waals surface area contributed by atoms with Crippen molar-refractivity contribution in [2.75, 3.05) is 13.7 Å². The first-order valence-electron chi connectivity index (χ1n) is 5.16. The van der Waals surface area contributed by atoms with Crippen LogP contribution in [0.15, 0.2) is 0 Å². The van der Waals surface area contributed by atoms with Crippen LogP contribution >= 0.6 is 0 Å².